The summed E-state index contributed by atoms with van der Waals surface area (Å²) in [5.74, 6) is 0. The van der Waals surface area contributed by atoms with Crippen molar-refractivity contribution in [3.05, 3.63) is 59.2 Å². The second-order valence-corrected chi connectivity index (χ2v) is 16.1. The van der Waals surface area contributed by atoms with Crippen molar-refractivity contribution >= 4 is 17.9 Å². The Morgan fingerprint density at radius 3 is 1.28 bits per heavy atom. The van der Waals surface area contributed by atoms with Crippen molar-refractivity contribution in [1.29, 1.82) is 0 Å². The fourth-order valence-electron chi connectivity index (χ4n) is 6.59. The first-order chi connectivity index (χ1) is 20.8. The molecule has 43 heavy (non-hydrogen) atoms. The zero-order chi connectivity index (χ0) is 31.3. The van der Waals surface area contributed by atoms with Crippen LogP contribution in [0.4, 0.5) is 0 Å². The summed E-state index contributed by atoms with van der Waals surface area (Å²) in [7, 11) is -5.32. The Labute approximate surface area is 266 Å². The van der Waals surface area contributed by atoms with Crippen LogP contribution in [0.15, 0.2) is 42.5 Å². The molecule has 2 aromatic carbocycles. The molecule has 2 aromatic rings. The molecule has 0 atom stereocenters. The molecular weight excluding hydrogens is 547 g/mol. The molecule has 0 radical (unpaired) electrons. The summed E-state index contributed by atoms with van der Waals surface area (Å²) in [5.41, 5.74) is 3.05. The summed E-state index contributed by atoms with van der Waals surface area (Å²) in [5, 5.41) is 0.720. The van der Waals surface area contributed by atoms with Crippen molar-refractivity contribution in [3.63, 3.8) is 0 Å². The number of unbranched alkanes of at least 4 members (excludes halogenated alkanes) is 18. The van der Waals surface area contributed by atoms with Crippen molar-refractivity contribution < 1.29 is 14.7 Å². The fraction of sp³-hybridized carbons (Fsp3) is 0.692. The third-order valence-electron chi connectivity index (χ3n) is 9.26. The first-order valence-electron chi connectivity index (χ1n) is 18.3. The van der Waals surface area contributed by atoms with Crippen LogP contribution in [-0.2, 0) is 19.3 Å². The van der Waals surface area contributed by atoms with E-state index in [1.165, 1.54) is 108 Å². The number of aryl methyl sites for hydroxylation is 2. The summed E-state index contributed by atoms with van der Waals surface area (Å²) in [6.45, 7) is 6.75. The van der Waals surface area contributed by atoms with E-state index in [9.17, 15) is 14.7 Å². The number of hydrogen-bond donors (Lipinski definition) is 3. The van der Waals surface area contributed by atoms with Crippen molar-refractivity contribution in [2.24, 2.45) is 0 Å². The van der Waals surface area contributed by atoms with Crippen LogP contribution >= 0.6 is 7.28 Å². The zero-order valence-electron chi connectivity index (χ0n) is 28.3. The van der Waals surface area contributed by atoms with E-state index in [-0.39, 0.29) is 0 Å². The average Bonchev–Trinajstić information content (AvgIpc) is 3.00. The van der Waals surface area contributed by atoms with E-state index in [1.54, 1.807) is 12.1 Å². The van der Waals surface area contributed by atoms with Gasteiger partial charge in [-0.1, -0.05) is 0 Å². The van der Waals surface area contributed by atoms with Crippen LogP contribution in [0.3, 0.4) is 0 Å². The van der Waals surface area contributed by atoms with Crippen molar-refractivity contribution in [2.75, 3.05) is 0 Å². The molecule has 0 amide bonds. The van der Waals surface area contributed by atoms with Crippen LogP contribution < -0.4 is 10.6 Å². The molecular formula is C39H67O3P. The molecule has 2 rings (SSSR count). The van der Waals surface area contributed by atoms with Crippen LogP contribution in [0.1, 0.15) is 172 Å². The van der Waals surface area contributed by atoms with Crippen molar-refractivity contribution in [1.82, 2.24) is 0 Å². The predicted molar refractivity (Wildman–Crippen MR) is 191 cm³/mol. The Morgan fingerprint density at radius 1 is 0.395 bits per heavy atom. The molecule has 0 unspecified atom stereocenters. The molecule has 0 fully saturated rings. The number of rotatable bonds is 26. The maximum atomic E-state index is 12.0. The van der Waals surface area contributed by atoms with Gasteiger partial charge in [-0.2, -0.15) is 0 Å². The van der Waals surface area contributed by atoms with Gasteiger partial charge in [-0.05, 0) is 0 Å². The summed E-state index contributed by atoms with van der Waals surface area (Å²) in [6.07, 6.45) is 28.2. The second kappa shape index (κ2) is 21.5. The van der Waals surface area contributed by atoms with E-state index in [0.29, 0.717) is 10.6 Å². The molecule has 4 heteroatoms. The van der Waals surface area contributed by atoms with E-state index in [1.807, 2.05) is 24.3 Å². The van der Waals surface area contributed by atoms with Gasteiger partial charge in [-0.3, -0.25) is 0 Å². The van der Waals surface area contributed by atoms with Gasteiger partial charge in [0.2, 0.25) is 0 Å². The SMILES string of the molecule is CCCCCCCCCc1ccccc1P(O)(O)(O)c1cccc(CCCCCCCCC)c1CCCCCCCCC. The minimum atomic E-state index is -5.32. The zero-order valence-corrected chi connectivity index (χ0v) is 29.2. The Morgan fingerprint density at radius 2 is 0.767 bits per heavy atom. The van der Waals surface area contributed by atoms with Gasteiger partial charge in [0.05, 0.1) is 0 Å². The number of hydrogen-bond acceptors (Lipinski definition) is 3. The molecule has 0 bridgehead atoms. The average molecular weight is 615 g/mol. The van der Waals surface area contributed by atoms with E-state index < -0.39 is 7.28 Å². The molecule has 0 aliphatic heterocycles. The molecule has 0 heterocycles. The third kappa shape index (κ3) is 13.7. The molecule has 0 aliphatic rings. The van der Waals surface area contributed by atoms with E-state index >= 15 is 0 Å². The van der Waals surface area contributed by atoms with Crippen molar-refractivity contribution in [2.45, 2.75) is 175 Å². The van der Waals surface area contributed by atoms with Gasteiger partial charge in [0.15, 0.2) is 0 Å². The standard InChI is InChI=1S/C39H67O3P/c1-4-7-10-13-16-19-22-28-35-31-27-34-39(37(35)32-24-21-18-15-12-9-6-3)43(40,41,42)38-33-26-25-30-36(38)29-23-20-17-14-11-8-5-2/h25-27,30-31,33-34,40-42H,4-24,28-29,32H2,1-3H3. The van der Waals surface area contributed by atoms with E-state index in [0.717, 1.165) is 62.5 Å². The molecule has 3 nitrogen and oxygen atoms in total. The van der Waals surface area contributed by atoms with Crippen LogP contribution in [0.25, 0.3) is 0 Å². The Balaban J connectivity index is 2.24. The third-order valence-corrected chi connectivity index (χ3v) is 11.9. The normalized spacial score (nSPS) is 12.8. The van der Waals surface area contributed by atoms with Crippen LogP contribution in [-0.4, -0.2) is 14.7 Å². The van der Waals surface area contributed by atoms with Crippen LogP contribution in [0, 0.1) is 0 Å². The van der Waals surface area contributed by atoms with Gasteiger partial charge in [-0.15, -0.1) is 0 Å². The van der Waals surface area contributed by atoms with Gasteiger partial charge in [0, 0.05) is 0 Å². The maximum absolute atomic E-state index is 12.0. The van der Waals surface area contributed by atoms with E-state index in [4.69, 9.17) is 0 Å². The number of benzene rings is 2. The predicted octanol–water partition coefficient (Wildman–Crippen LogP) is 10.8. The van der Waals surface area contributed by atoms with Crippen LogP contribution in [0.5, 0.6) is 0 Å². The quantitative estimate of drug-likeness (QED) is 0.0730. The summed E-state index contributed by atoms with van der Waals surface area (Å²) in [4.78, 5) is 36.1. The Hall–Kier alpha value is -1.25. The van der Waals surface area contributed by atoms with Gasteiger partial charge in [0.1, 0.15) is 0 Å². The monoisotopic (exact) mass is 614 g/mol. The van der Waals surface area contributed by atoms with Gasteiger partial charge >= 0.3 is 267 Å². The van der Waals surface area contributed by atoms with Crippen molar-refractivity contribution in [3.8, 4) is 0 Å². The molecule has 0 aliphatic carbocycles. The molecule has 246 valence electrons. The Kier molecular flexibility index (Phi) is 18.9. The second-order valence-electron chi connectivity index (χ2n) is 13.1. The fourth-order valence-corrected chi connectivity index (χ4v) is 9.04. The molecule has 0 aromatic heterocycles. The van der Waals surface area contributed by atoms with Gasteiger partial charge in [0.25, 0.3) is 0 Å². The molecule has 0 spiro atoms. The summed E-state index contributed by atoms with van der Waals surface area (Å²) < 4.78 is 0. The van der Waals surface area contributed by atoms with Gasteiger partial charge < -0.3 is 0 Å². The minimum absolute atomic E-state index is 0.341. The molecule has 0 saturated carbocycles. The first kappa shape index (κ1) is 37.9. The van der Waals surface area contributed by atoms with Crippen LogP contribution in [0.2, 0.25) is 0 Å². The Bertz CT molecular complexity index is 993. The van der Waals surface area contributed by atoms with Gasteiger partial charge in [-0.25, -0.2) is 0 Å². The summed E-state index contributed by atoms with van der Waals surface area (Å²) in [6, 6.07) is 13.4. The first-order valence-corrected chi connectivity index (χ1v) is 20.4. The topological polar surface area (TPSA) is 60.7 Å². The van der Waals surface area contributed by atoms with E-state index in [2.05, 4.69) is 26.8 Å². The molecule has 3 N–H and O–H groups in total. The summed E-state index contributed by atoms with van der Waals surface area (Å²) >= 11 is 0. The molecule has 0 saturated heterocycles.